The van der Waals surface area contributed by atoms with Crippen molar-refractivity contribution >= 4 is 29.3 Å². The number of benzene rings is 2. The normalized spacial score (nSPS) is 15.7. The van der Waals surface area contributed by atoms with E-state index in [1.54, 1.807) is 0 Å². The number of urea groups is 1. The lowest BCUT2D eigenvalue weighted by atomic mass is 10.1. The number of imide groups is 1. The predicted octanol–water partition coefficient (Wildman–Crippen LogP) is 4.35. The van der Waals surface area contributed by atoms with E-state index < -0.39 is 12.1 Å². The Morgan fingerprint density at radius 3 is 2.39 bits per heavy atom. The fourth-order valence-corrected chi connectivity index (χ4v) is 4.39. The molecule has 33 heavy (non-hydrogen) atoms. The van der Waals surface area contributed by atoms with Crippen LogP contribution in [-0.2, 0) is 24.2 Å². The van der Waals surface area contributed by atoms with E-state index in [0.717, 1.165) is 40.4 Å². The Labute approximate surface area is 198 Å². The van der Waals surface area contributed by atoms with Crippen molar-refractivity contribution in [3.05, 3.63) is 93.8 Å². The van der Waals surface area contributed by atoms with Crippen LogP contribution in [0.4, 0.5) is 4.79 Å². The van der Waals surface area contributed by atoms with Gasteiger partial charge in [-0.3, -0.25) is 14.5 Å². The molecular formula is C26H26ClN3O3. The molecule has 0 radical (unpaired) electrons. The van der Waals surface area contributed by atoms with Gasteiger partial charge in [-0.15, -0.1) is 0 Å². The fourth-order valence-electron chi connectivity index (χ4n) is 4.26. The quantitative estimate of drug-likeness (QED) is 0.399. The molecule has 3 amide bonds. The van der Waals surface area contributed by atoms with Gasteiger partial charge in [0, 0.05) is 34.9 Å². The van der Waals surface area contributed by atoms with Crippen molar-refractivity contribution in [1.82, 2.24) is 14.8 Å². The molecule has 6 nitrogen and oxygen atoms in total. The summed E-state index contributed by atoms with van der Waals surface area (Å²) in [5, 5.41) is 3.40. The molecule has 170 valence electrons. The van der Waals surface area contributed by atoms with E-state index in [-0.39, 0.29) is 18.2 Å². The molecule has 2 aromatic carbocycles. The van der Waals surface area contributed by atoms with Crippen LogP contribution >= 0.6 is 11.6 Å². The van der Waals surface area contributed by atoms with Gasteiger partial charge in [-0.2, -0.15) is 0 Å². The Kier molecular flexibility index (Phi) is 6.65. The van der Waals surface area contributed by atoms with Crippen molar-refractivity contribution in [2.75, 3.05) is 6.54 Å². The van der Waals surface area contributed by atoms with E-state index in [1.165, 1.54) is 0 Å². The number of amides is 3. The molecule has 0 saturated carbocycles. The van der Waals surface area contributed by atoms with Crippen molar-refractivity contribution in [2.45, 2.75) is 39.3 Å². The Morgan fingerprint density at radius 2 is 1.70 bits per heavy atom. The highest BCUT2D eigenvalue weighted by Crippen LogP contribution is 2.19. The van der Waals surface area contributed by atoms with E-state index in [9.17, 15) is 14.4 Å². The Hall–Kier alpha value is -3.38. The summed E-state index contributed by atoms with van der Waals surface area (Å²) in [6, 6.07) is 17.9. The fraction of sp³-hybridized carbons (Fsp3) is 0.269. The summed E-state index contributed by atoms with van der Waals surface area (Å²) >= 11 is 5.96. The smallest absolute Gasteiger partial charge is 0.325 e. The van der Waals surface area contributed by atoms with Gasteiger partial charge >= 0.3 is 6.03 Å². The number of nitrogens with one attached hydrogen (secondary N) is 1. The van der Waals surface area contributed by atoms with Crippen LogP contribution in [0.5, 0.6) is 0 Å². The zero-order valence-corrected chi connectivity index (χ0v) is 19.4. The third-order valence-electron chi connectivity index (χ3n) is 6.10. The Bertz CT molecular complexity index is 1190. The molecule has 1 N–H and O–H groups in total. The second-order valence-corrected chi connectivity index (χ2v) is 8.79. The van der Waals surface area contributed by atoms with E-state index in [2.05, 4.69) is 9.88 Å². The monoisotopic (exact) mass is 463 g/mol. The summed E-state index contributed by atoms with van der Waals surface area (Å²) in [6.45, 7) is 4.30. The van der Waals surface area contributed by atoms with Gasteiger partial charge < -0.3 is 9.88 Å². The molecule has 0 unspecified atom stereocenters. The first-order valence-electron chi connectivity index (χ1n) is 10.9. The van der Waals surface area contributed by atoms with Crippen LogP contribution in [-0.4, -0.2) is 39.8 Å². The molecule has 3 aromatic rings. The number of Topliss-reactive ketones (excluding diaryl/α,β-unsaturated/α-hetero) is 1. The number of carbonyl (C=O) groups excluding carboxylic acids is 3. The third-order valence-corrected chi connectivity index (χ3v) is 6.35. The molecule has 1 aliphatic rings. The first-order valence-corrected chi connectivity index (χ1v) is 11.3. The van der Waals surface area contributed by atoms with E-state index >= 15 is 0 Å². The van der Waals surface area contributed by atoms with Gasteiger partial charge in [0.25, 0.3) is 5.91 Å². The van der Waals surface area contributed by atoms with E-state index in [1.807, 2.05) is 74.5 Å². The number of halogens is 1. The Balaban J connectivity index is 1.43. The molecule has 2 heterocycles. The number of hydrogen-bond donors (Lipinski definition) is 1. The molecule has 0 aliphatic carbocycles. The maximum atomic E-state index is 13.1. The first-order chi connectivity index (χ1) is 15.8. The van der Waals surface area contributed by atoms with Crippen LogP contribution in [0.1, 0.15) is 32.9 Å². The highest BCUT2D eigenvalue weighted by atomic mass is 35.5. The highest BCUT2D eigenvalue weighted by molar-refractivity contribution is 6.30. The van der Waals surface area contributed by atoms with Crippen molar-refractivity contribution in [1.29, 1.82) is 0 Å². The number of carbonyl (C=O) groups is 3. The first kappa shape index (κ1) is 22.8. The van der Waals surface area contributed by atoms with Gasteiger partial charge in [-0.05, 0) is 49.6 Å². The zero-order valence-electron chi connectivity index (χ0n) is 18.7. The van der Waals surface area contributed by atoms with Crippen LogP contribution in [0.25, 0.3) is 0 Å². The molecule has 1 aliphatic heterocycles. The van der Waals surface area contributed by atoms with Crippen molar-refractivity contribution in [3.63, 3.8) is 0 Å². The van der Waals surface area contributed by atoms with Crippen molar-refractivity contribution in [3.8, 4) is 0 Å². The topological polar surface area (TPSA) is 71.4 Å². The molecule has 4 rings (SSSR count). The van der Waals surface area contributed by atoms with Crippen molar-refractivity contribution < 1.29 is 14.4 Å². The van der Waals surface area contributed by atoms with Crippen LogP contribution in [0.3, 0.4) is 0 Å². The average molecular weight is 464 g/mol. The largest absolute Gasteiger partial charge is 0.348 e. The molecule has 1 fully saturated rings. The lowest BCUT2D eigenvalue weighted by molar-refractivity contribution is -0.127. The zero-order chi connectivity index (χ0) is 23.5. The van der Waals surface area contributed by atoms with Crippen LogP contribution in [0.15, 0.2) is 60.7 Å². The maximum absolute atomic E-state index is 13.1. The molecule has 0 spiro atoms. The summed E-state index contributed by atoms with van der Waals surface area (Å²) in [4.78, 5) is 39.3. The minimum atomic E-state index is -0.653. The Morgan fingerprint density at radius 1 is 1.00 bits per heavy atom. The van der Waals surface area contributed by atoms with Crippen molar-refractivity contribution in [2.24, 2.45) is 0 Å². The summed E-state index contributed by atoms with van der Waals surface area (Å²) in [6.07, 6.45) is 1.20. The molecule has 1 atom stereocenters. The van der Waals surface area contributed by atoms with Gasteiger partial charge in [-0.1, -0.05) is 54.1 Å². The minimum Gasteiger partial charge on any atom is -0.348 e. The summed E-state index contributed by atoms with van der Waals surface area (Å²) in [5.41, 5.74) is 4.44. The van der Waals surface area contributed by atoms with Crippen LogP contribution < -0.4 is 5.32 Å². The third kappa shape index (κ3) is 5.01. The van der Waals surface area contributed by atoms with Crippen LogP contribution in [0, 0.1) is 13.8 Å². The van der Waals surface area contributed by atoms with Gasteiger partial charge in [0.1, 0.15) is 6.04 Å². The summed E-state index contributed by atoms with van der Waals surface area (Å²) in [5.74, 6) is -0.613. The number of nitrogens with zero attached hydrogens (tertiary/aromatic N) is 2. The van der Waals surface area contributed by atoms with Gasteiger partial charge in [0.15, 0.2) is 5.78 Å². The minimum absolute atomic E-state index is 0.246. The number of rotatable bonds is 8. The molecule has 7 heteroatoms. The number of ketones is 1. The second-order valence-electron chi connectivity index (χ2n) is 8.35. The number of aromatic nitrogens is 1. The average Bonchev–Trinajstić information content (AvgIpc) is 3.23. The number of hydrogen-bond acceptors (Lipinski definition) is 3. The second kappa shape index (κ2) is 9.63. The maximum Gasteiger partial charge on any atom is 0.325 e. The van der Waals surface area contributed by atoms with Crippen LogP contribution in [0.2, 0.25) is 5.02 Å². The molecule has 1 aromatic heterocycles. The SMILES string of the molecule is Cc1cc(C(=O)CN2C(=O)N[C@@H](Cc3ccccc3)C2=O)c(C)n1CCc1ccc(Cl)cc1. The lowest BCUT2D eigenvalue weighted by Gasteiger charge is -2.13. The van der Waals surface area contributed by atoms with Gasteiger partial charge in [0.2, 0.25) is 0 Å². The lowest BCUT2D eigenvalue weighted by Crippen LogP contribution is -2.36. The highest BCUT2D eigenvalue weighted by Gasteiger charge is 2.39. The standard InChI is InChI=1S/C26H26ClN3O3/c1-17-14-22(18(2)29(17)13-12-19-8-10-21(27)11-9-19)24(31)16-30-25(32)23(28-26(30)33)15-20-6-4-3-5-7-20/h3-11,14,23H,12-13,15-16H2,1-2H3,(H,28,33)/t23-/m0/s1. The predicted molar refractivity (Wildman–Crippen MR) is 128 cm³/mol. The van der Waals surface area contributed by atoms with E-state index in [4.69, 9.17) is 11.6 Å². The summed E-state index contributed by atoms with van der Waals surface area (Å²) < 4.78 is 2.09. The molecule has 0 bridgehead atoms. The molecular weight excluding hydrogens is 438 g/mol. The summed E-state index contributed by atoms with van der Waals surface area (Å²) in [7, 11) is 0. The number of aryl methyl sites for hydroxylation is 2. The van der Waals surface area contributed by atoms with E-state index in [0.29, 0.717) is 17.0 Å². The molecule has 1 saturated heterocycles. The van der Waals surface area contributed by atoms with Gasteiger partial charge in [-0.25, -0.2) is 4.79 Å². The van der Waals surface area contributed by atoms with Gasteiger partial charge in [0.05, 0.1) is 6.54 Å².